The summed E-state index contributed by atoms with van der Waals surface area (Å²) < 4.78 is 0. The van der Waals surface area contributed by atoms with Crippen molar-refractivity contribution in [2.24, 2.45) is 0 Å². The molecule has 12 heavy (non-hydrogen) atoms. The molecule has 60 valence electrons. The molecule has 0 spiro atoms. The van der Waals surface area contributed by atoms with Crippen molar-refractivity contribution in [1.82, 2.24) is 4.98 Å². The quantitative estimate of drug-likeness (QED) is 0.570. The number of pyridine rings is 1. The van der Waals surface area contributed by atoms with Crippen molar-refractivity contribution < 1.29 is 4.79 Å². The van der Waals surface area contributed by atoms with Gasteiger partial charge in [-0.15, -0.1) is 0 Å². The van der Waals surface area contributed by atoms with Gasteiger partial charge in [-0.2, -0.15) is 0 Å². The van der Waals surface area contributed by atoms with Crippen LogP contribution in [0.4, 0.5) is 0 Å². The topological polar surface area (TPSA) is 30.0 Å². The van der Waals surface area contributed by atoms with Gasteiger partial charge in [0, 0.05) is 12.6 Å². The van der Waals surface area contributed by atoms with Crippen LogP contribution in [-0.2, 0) is 11.2 Å². The smallest absolute Gasteiger partial charge is 0.160 e. The fourth-order valence-electron chi connectivity index (χ4n) is 1.20. The molecule has 0 bridgehead atoms. The highest BCUT2D eigenvalue weighted by Crippen LogP contribution is 2.18. The number of allylic oxidation sites excluding steroid dienone is 1. The molecule has 2 nitrogen and oxygen atoms in total. The Kier molecular flexibility index (Phi) is 1.70. The number of carbonyl (C=O) groups excluding carboxylic acids is 1. The van der Waals surface area contributed by atoms with E-state index in [0.717, 1.165) is 11.1 Å². The Labute approximate surface area is 74.9 Å². The van der Waals surface area contributed by atoms with E-state index < -0.39 is 0 Å². The lowest BCUT2D eigenvalue weighted by molar-refractivity contribution is -0.114. The standard InChI is InChI=1S/C9H6ClNO/c10-9-4-6-1-2-8(12)3-7(6)5-11-9/h1-2,4-5H,3H2. The van der Waals surface area contributed by atoms with Crippen LogP contribution in [0.25, 0.3) is 6.08 Å². The molecular weight excluding hydrogens is 174 g/mol. The molecule has 0 aromatic carbocycles. The molecule has 0 unspecified atom stereocenters. The number of halogens is 1. The minimum atomic E-state index is 0.117. The summed E-state index contributed by atoms with van der Waals surface area (Å²) in [6.07, 6.45) is 5.43. The van der Waals surface area contributed by atoms with Crippen LogP contribution in [-0.4, -0.2) is 10.8 Å². The van der Waals surface area contributed by atoms with Gasteiger partial charge >= 0.3 is 0 Å². The fourth-order valence-corrected chi connectivity index (χ4v) is 1.37. The average Bonchev–Trinajstić information content (AvgIpc) is 2.05. The molecule has 0 aliphatic heterocycles. The van der Waals surface area contributed by atoms with Crippen LogP contribution in [0.2, 0.25) is 5.15 Å². The van der Waals surface area contributed by atoms with E-state index in [1.165, 1.54) is 0 Å². The van der Waals surface area contributed by atoms with E-state index in [1.807, 2.05) is 0 Å². The monoisotopic (exact) mass is 179 g/mol. The zero-order valence-electron chi connectivity index (χ0n) is 6.25. The van der Waals surface area contributed by atoms with E-state index >= 15 is 0 Å². The third-order valence-electron chi connectivity index (χ3n) is 1.80. The number of carbonyl (C=O) groups is 1. The summed E-state index contributed by atoms with van der Waals surface area (Å²) in [6.45, 7) is 0. The third kappa shape index (κ3) is 1.25. The molecule has 0 atom stereocenters. The molecule has 1 aromatic heterocycles. The normalized spacial score (nSPS) is 14.6. The third-order valence-corrected chi connectivity index (χ3v) is 2.01. The van der Waals surface area contributed by atoms with Gasteiger partial charge in [-0.1, -0.05) is 17.7 Å². The van der Waals surface area contributed by atoms with E-state index in [0.29, 0.717) is 11.6 Å². The van der Waals surface area contributed by atoms with Crippen LogP contribution in [0.3, 0.4) is 0 Å². The number of rotatable bonds is 0. The lowest BCUT2D eigenvalue weighted by Crippen LogP contribution is -2.05. The van der Waals surface area contributed by atoms with Gasteiger partial charge in [0.15, 0.2) is 5.78 Å². The van der Waals surface area contributed by atoms with Crippen molar-refractivity contribution in [3.63, 3.8) is 0 Å². The van der Waals surface area contributed by atoms with Gasteiger partial charge in [-0.05, 0) is 23.3 Å². The maximum absolute atomic E-state index is 11.0. The van der Waals surface area contributed by atoms with E-state index in [4.69, 9.17) is 11.6 Å². The first kappa shape index (κ1) is 7.50. The number of hydrogen-bond donors (Lipinski definition) is 0. The maximum atomic E-state index is 11.0. The summed E-state index contributed by atoms with van der Waals surface area (Å²) in [5.74, 6) is 0.117. The second kappa shape index (κ2) is 2.72. The van der Waals surface area contributed by atoms with E-state index in [2.05, 4.69) is 4.98 Å². The number of hydrogen-bond acceptors (Lipinski definition) is 2. The first-order chi connectivity index (χ1) is 5.75. The molecule has 0 saturated heterocycles. The number of aromatic nitrogens is 1. The van der Waals surface area contributed by atoms with Crippen molar-refractivity contribution in [3.05, 3.63) is 34.6 Å². The van der Waals surface area contributed by atoms with Crippen molar-refractivity contribution in [2.45, 2.75) is 6.42 Å². The molecule has 3 heteroatoms. The Hall–Kier alpha value is -1.15. The molecule has 0 radical (unpaired) electrons. The van der Waals surface area contributed by atoms with Gasteiger partial charge < -0.3 is 0 Å². The zero-order chi connectivity index (χ0) is 8.55. The highest BCUT2D eigenvalue weighted by molar-refractivity contribution is 6.29. The Balaban J connectivity index is 2.54. The zero-order valence-corrected chi connectivity index (χ0v) is 7.01. The first-order valence-electron chi connectivity index (χ1n) is 3.61. The Bertz CT molecular complexity index is 371. The van der Waals surface area contributed by atoms with Crippen molar-refractivity contribution in [2.75, 3.05) is 0 Å². The van der Waals surface area contributed by atoms with Crippen molar-refractivity contribution in [3.8, 4) is 0 Å². The van der Waals surface area contributed by atoms with Gasteiger partial charge in [-0.3, -0.25) is 4.79 Å². The van der Waals surface area contributed by atoms with Gasteiger partial charge in [0.2, 0.25) is 0 Å². The molecule has 2 rings (SSSR count). The van der Waals surface area contributed by atoms with Crippen LogP contribution in [0.5, 0.6) is 0 Å². The number of nitrogens with zero attached hydrogens (tertiary/aromatic N) is 1. The number of fused-ring (bicyclic) bond motifs is 1. The molecule has 1 aromatic rings. The largest absolute Gasteiger partial charge is 0.294 e. The van der Waals surface area contributed by atoms with Gasteiger partial charge in [0.25, 0.3) is 0 Å². The highest BCUT2D eigenvalue weighted by Gasteiger charge is 2.10. The molecule has 0 N–H and O–H groups in total. The summed E-state index contributed by atoms with van der Waals surface area (Å²) in [5.41, 5.74) is 1.95. The van der Waals surface area contributed by atoms with Crippen molar-refractivity contribution >= 4 is 23.5 Å². The SMILES string of the molecule is O=C1C=Cc2cc(Cl)ncc2C1. The first-order valence-corrected chi connectivity index (χ1v) is 3.99. The van der Waals surface area contributed by atoms with Gasteiger partial charge in [-0.25, -0.2) is 4.98 Å². The lowest BCUT2D eigenvalue weighted by Gasteiger charge is -2.07. The molecule has 1 aliphatic rings. The lowest BCUT2D eigenvalue weighted by atomic mass is 9.99. The van der Waals surface area contributed by atoms with Gasteiger partial charge in [0.1, 0.15) is 5.15 Å². The molecule has 0 amide bonds. The van der Waals surface area contributed by atoms with E-state index in [-0.39, 0.29) is 5.78 Å². The van der Waals surface area contributed by atoms with Crippen molar-refractivity contribution in [1.29, 1.82) is 0 Å². The molecule has 1 aliphatic carbocycles. The average molecular weight is 180 g/mol. The van der Waals surface area contributed by atoms with E-state index in [9.17, 15) is 4.79 Å². The minimum Gasteiger partial charge on any atom is -0.294 e. The van der Waals surface area contributed by atoms with Crippen LogP contribution in [0.1, 0.15) is 11.1 Å². The van der Waals surface area contributed by atoms with Crippen LogP contribution in [0, 0.1) is 0 Å². The summed E-state index contributed by atoms with van der Waals surface area (Å²) in [5, 5.41) is 0.466. The van der Waals surface area contributed by atoms with E-state index in [1.54, 1.807) is 24.4 Å². The van der Waals surface area contributed by atoms with Crippen LogP contribution < -0.4 is 0 Å². The van der Waals surface area contributed by atoms with Gasteiger partial charge in [0.05, 0.1) is 0 Å². The molecule has 0 fully saturated rings. The Morgan fingerprint density at radius 3 is 3.08 bits per heavy atom. The molecular formula is C9H6ClNO. The predicted molar refractivity (Wildman–Crippen MR) is 47.0 cm³/mol. The predicted octanol–water partition coefficient (Wildman–Crippen LogP) is 1.87. The Morgan fingerprint density at radius 2 is 2.25 bits per heavy atom. The summed E-state index contributed by atoms with van der Waals surface area (Å²) in [6, 6.07) is 1.76. The maximum Gasteiger partial charge on any atom is 0.160 e. The second-order valence-electron chi connectivity index (χ2n) is 2.68. The second-order valence-corrected chi connectivity index (χ2v) is 3.07. The number of ketones is 1. The summed E-state index contributed by atoms with van der Waals surface area (Å²) >= 11 is 5.68. The fraction of sp³-hybridized carbons (Fsp3) is 0.111. The van der Waals surface area contributed by atoms with Crippen LogP contribution in [0.15, 0.2) is 18.3 Å². The Morgan fingerprint density at radius 1 is 1.42 bits per heavy atom. The van der Waals surface area contributed by atoms with Crippen LogP contribution >= 0.6 is 11.6 Å². The molecule has 0 saturated carbocycles. The minimum absolute atomic E-state index is 0.117. The highest BCUT2D eigenvalue weighted by atomic mass is 35.5. The molecule has 1 heterocycles. The summed E-state index contributed by atoms with van der Waals surface area (Å²) in [7, 11) is 0. The summed E-state index contributed by atoms with van der Waals surface area (Å²) in [4.78, 5) is 14.9.